The number of carbonyl (C=O) groups is 5. The highest BCUT2D eigenvalue weighted by Gasteiger charge is 2.39. The average Bonchev–Trinajstić information content (AvgIpc) is 4.47. The second-order valence-corrected chi connectivity index (χ2v) is 23.4. The lowest BCUT2D eigenvalue weighted by Gasteiger charge is -2.29. The molecule has 10 rings (SSSR count). The Morgan fingerprint density at radius 2 is 1.06 bits per heavy atom. The van der Waals surface area contributed by atoms with Crippen LogP contribution in [0.3, 0.4) is 0 Å². The van der Waals surface area contributed by atoms with Crippen LogP contribution in [0.4, 0.5) is 14.4 Å². The van der Waals surface area contributed by atoms with Crippen molar-refractivity contribution in [2.45, 2.75) is 116 Å². The number of carbonyl (C=O) groups excluding carboxylic acids is 4. The van der Waals surface area contributed by atoms with Crippen LogP contribution < -0.4 is 9.47 Å². The summed E-state index contributed by atoms with van der Waals surface area (Å²) in [6.07, 6.45) is 7.83. The van der Waals surface area contributed by atoms with E-state index in [9.17, 15) is 29.1 Å². The first kappa shape index (κ1) is 61.1. The molecule has 86 heavy (non-hydrogen) atoms. The fraction of sp³-hybridized carbons (Fsp3) is 0.338. The number of aromatic nitrogens is 2. The summed E-state index contributed by atoms with van der Waals surface area (Å²) in [7, 11) is 0. The van der Waals surface area contributed by atoms with Crippen LogP contribution in [0.5, 0.6) is 11.5 Å². The molecule has 0 spiro atoms. The van der Waals surface area contributed by atoms with Crippen molar-refractivity contribution < 1.29 is 61.8 Å². The number of imide groups is 1. The van der Waals surface area contributed by atoms with Crippen LogP contribution in [0.2, 0.25) is 0 Å². The van der Waals surface area contributed by atoms with Crippen molar-refractivity contribution in [3.63, 3.8) is 0 Å². The molecule has 5 aromatic carbocycles. The average molecular weight is 1170 g/mol. The predicted molar refractivity (Wildman–Crippen MR) is 321 cm³/mol. The van der Waals surface area contributed by atoms with E-state index in [4.69, 9.17) is 32.7 Å². The molecule has 0 aliphatic carbocycles. The quantitative estimate of drug-likeness (QED) is 0.0791. The number of hydrogen-bond acceptors (Lipinski definition) is 14. The summed E-state index contributed by atoms with van der Waals surface area (Å²) in [6, 6.07) is 44.1. The molecule has 0 radical (unpaired) electrons. The molecule has 7 aromatic rings. The van der Waals surface area contributed by atoms with Gasteiger partial charge in [0.25, 0.3) is 0 Å². The molecule has 3 aliphatic heterocycles. The Bertz CT molecular complexity index is 3480. The van der Waals surface area contributed by atoms with Gasteiger partial charge in [-0.2, -0.15) is 0 Å². The van der Waals surface area contributed by atoms with Crippen molar-refractivity contribution >= 4 is 41.3 Å². The molecule has 18 heteroatoms. The minimum absolute atomic E-state index is 0.0192. The highest BCUT2D eigenvalue weighted by molar-refractivity contribution is 5.94. The Hall–Kier alpha value is -9.45. The highest BCUT2D eigenvalue weighted by Crippen LogP contribution is 2.33. The molecule has 3 aliphatic rings. The van der Waals surface area contributed by atoms with Crippen LogP contribution in [0.15, 0.2) is 173 Å². The zero-order valence-corrected chi connectivity index (χ0v) is 49.4. The molecular formula is C68H73N5O13. The third kappa shape index (κ3) is 17.1. The topological polar surface area (TPSA) is 214 Å². The molecule has 0 unspecified atom stereocenters. The SMILES string of the molecule is CC(C)(C)OC(=O)N1CC=C(c2cccc(COc3ccc([C@H](CC(=O)N4C(=O)OC[C@@H]4Cc4ccccc4)c4ccon4)cc3)c2)CC1.CC(C)(C)OC(=O)N1CC=C(c2cccc(COc3ccc([C@H](CC(=O)O)c4ccon4)cc3)c2)CC1. The lowest BCUT2D eigenvalue weighted by molar-refractivity contribution is -0.137. The van der Waals surface area contributed by atoms with E-state index in [1.54, 1.807) is 21.9 Å². The highest BCUT2D eigenvalue weighted by atomic mass is 16.6. The minimum Gasteiger partial charge on any atom is -0.489 e. The summed E-state index contributed by atoms with van der Waals surface area (Å²) in [5.41, 5.74) is 9.50. The second kappa shape index (κ2) is 28.0. The van der Waals surface area contributed by atoms with Gasteiger partial charge in [0, 0.05) is 56.6 Å². The largest absolute Gasteiger partial charge is 0.489 e. The number of cyclic esters (lactones) is 1. The number of nitrogens with zero attached hydrogens (tertiary/aromatic N) is 5. The number of hydrogen-bond donors (Lipinski definition) is 1. The normalized spacial score (nSPS) is 15.9. The Labute approximate surface area is 500 Å². The van der Waals surface area contributed by atoms with Crippen LogP contribution in [-0.2, 0) is 43.4 Å². The molecular weight excluding hydrogens is 1090 g/mol. The van der Waals surface area contributed by atoms with E-state index in [0.29, 0.717) is 68.7 Å². The number of ether oxygens (including phenoxy) is 5. The molecule has 1 saturated heterocycles. The van der Waals surface area contributed by atoms with E-state index < -0.39 is 35.1 Å². The summed E-state index contributed by atoms with van der Waals surface area (Å²) < 4.78 is 38.4. The van der Waals surface area contributed by atoms with Gasteiger partial charge in [0.15, 0.2) is 0 Å². The summed E-state index contributed by atoms with van der Waals surface area (Å²) in [4.78, 5) is 67.0. The number of amides is 4. The molecule has 2 aromatic heterocycles. The first-order valence-electron chi connectivity index (χ1n) is 28.8. The fourth-order valence-corrected chi connectivity index (χ4v) is 10.3. The molecule has 0 bridgehead atoms. The van der Waals surface area contributed by atoms with Crippen LogP contribution in [0, 0.1) is 0 Å². The number of benzene rings is 5. The molecule has 18 nitrogen and oxygen atoms in total. The van der Waals surface area contributed by atoms with Crippen molar-refractivity contribution in [1.29, 1.82) is 0 Å². The van der Waals surface area contributed by atoms with Gasteiger partial charge in [0.05, 0.1) is 23.9 Å². The first-order chi connectivity index (χ1) is 41.3. The van der Waals surface area contributed by atoms with E-state index in [1.807, 2.05) is 145 Å². The van der Waals surface area contributed by atoms with Crippen LogP contribution in [-0.4, -0.2) is 110 Å². The van der Waals surface area contributed by atoms with Crippen molar-refractivity contribution in [3.8, 4) is 11.5 Å². The van der Waals surface area contributed by atoms with Gasteiger partial charge >= 0.3 is 24.2 Å². The molecule has 4 amide bonds. The van der Waals surface area contributed by atoms with Crippen LogP contribution >= 0.6 is 0 Å². The summed E-state index contributed by atoms with van der Waals surface area (Å²) in [5, 5.41) is 17.3. The smallest absolute Gasteiger partial charge is 0.416 e. The van der Waals surface area contributed by atoms with Gasteiger partial charge in [-0.15, -0.1) is 0 Å². The van der Waals surface area contributed by atoms with Gasteiger partial charge in [-0.05, 0) is 147 Å². The molecule has 3 atom stereocenters. The maximum atomic E-state index is 13.6. The van der Waals surface area contributed by atoms with Gasteiger partial charge in [0.1, 0.15) is 55.0 Å². The molecule has 1 N–H and O–H groups in total. The van der Waals surface area contributed by atoms with Crippen molar-refractivity contribution in [1.82, 2.24) is 25.0 Å². The van der Waals surface area contributed by atoms with Gasteiger partial charge < -0.3 is 47.6 Å². The van der Waals surface area contributed by atoms with Crippen molar-refractivity contribution in [2.24, 2.45) is 0 Å². The van der Waals surface area contributed by atoms with Crippen LogP contribution in [0.1, 0.15) is 129 Å². The van der Waals surface area contributed by atoms with Crippen molar-refractivity contribution in [2.75, 3.05) is 32.8 Å². The zero-order chi connectivity index (χ0) is 60.8. The number of carboxylic acids is 1. The monoisotopic (exact) mass is 1170 g/mol. The van der Waals surface area contributed by atoms with E-state index in [1.165, 1.54) is 28.6 Å². The minimum atomic E-state index is -0.904. The Morgan fingerprint density at radius 1 is 0.593 bits per heavy atom. The third-order valence-electron chi connectivity index (χ3n) is 14.6. The molecule has 0 saturated carbocycles. The Morgan fingerprint density at radius 3 is 1.48 bits per heavy atom. The lowest BCUT2D eigenvalue weighted by Crippen LogP contribution is -2.40. The maximum absolute atomic E-state index is 13.6. The van der Waals surface area contributed by atoms with Gasteiger partial charge in [0.2, 0.25) is 5.91 Å². The van der Waals surface area contributed by atoms with E-state index >= 15 is 0 Å². The predicted octanol–water partition coefficient (Wildman–Crippen LogP) is 13.3. The lowest BCUT2D eigenvalue weighted by atomic mass is 9.91. The van der Waals surface area contributed by atoms with Gasteiger partial charge in [-0.1, -0.05) is 113 Å². The van der Waals surface area contributed by atoms with Gasteiger partial charge in [-0.3, -0.25) is 9.59 Å². The molecule has 5 heterocycles. The van der Waals surface area contributed by atoms with E-state index in [0.717, 1.165) is 51.8 Å². The number of carboxylic acid groups (broad SMARTS) is 1. The van der Waals surface area contributed by atoms with E-state index in [-0.39, 0.29) is 43.6 Å². The van der Waals surface area contributed by atoms with E-state index in [2.05, 4.69) is 46.7 Å². The second-order valence-electron chi connectivity index (χ2n) is 23.4. The fourth-order valence-electron chi connectivity index (χ4n) is 10.3. The Kier molecular flexibility index (Phi) is 19.9. The molecule has 1 fully saturated rings. The third-order valence-corrected chi connectivity index (χ3v) is 14.6. The van der Waals surface area contributed by atoms with Crippen LogP contribution in [0.25, 0.3) is 11.1 Å². The summed E-state index contributed by atoms with van der Waals surface area (Å²) >= 11 is 0. The van der Waals surface area contributed by atoms with Gasteiger partial charge in [-0.25, -0.2) is 19.3 Å². The van der Waals surface area contributed by atoms with Crippen molar-refractivity contribution in [3.05, 3.63) is 215 Å². The summed E-state index contributed by atoms with van der Waals surface area (Å²) in [6.45, 7) is 14.4. The molecule has 448 valence electrons. The summed E-state index contributed by atoms with van der Waals surface area (Å²) in [5.74, 6) is -0.695. The first-order valence-corrected chi connectivity index (χ1v) is 28.8. The standard InChI is InChI=1S/C39H41N3O7.C29H32N2O6/c1-39(2,3)49-37(44)41-19-16-29(17-20-41)31-11-7-10-28(22-31)25-46-33-14-12-30(13-15-33)34(35-18-21-48-40-35)24-36(43)42-32(26-47-38(42)45)23-27-8-5-4-6-9-27;1-29(2,3)37-28(34)31-14-11-21(12-15-31)23-6-4-5-20(17-23)19-35-24-9-7-22(8-10-24)25(18-27(32)33)26-13-16-36-30-26/h4-16,18,21-22,32,34H,17,19-20,23-26H2,1-3H3;4-11,13,16-17,25H,12,14-15,18-19H2,1-3H3,(H,32,33)/t32-,34-;25-/m00/s1. The maximum Gasteiger partial charge on any atom is 0.416 e. The Balaban J connectivity index is 0.000000214. The number of rotatable bonds is 18. The number of aliphatic carboxylic acids is 1. The zero-order valence-electron chi connectivity index (χ0n) is 49.4.